The van der Waals surface area contributed by atoms with Crippen LogP contribution in [0.5, 0.6) is 5.75 Å². The van der Waals surface area contributed by atoms with E-state index in [0.717, 1.165) is 22.0 Å². The molecule has 136 valence electrons. The average molecular weight is 400 g/mol. The zero-order valence-corrected chi connectivity index (χ0v) is 15.9. The van der Waals surface area contributed by atoms with E-state index in [1.54, 1.807) is 18.0 Å². The number of nitrogens with one attached hydrogen (secondary N) is 1. The summed E-state index contributed by atoms with van der Waals surface area (Å²) in [5.74, 6) is 1.27. The van der Waals surface area contributed by atoms with Gasteiger partial charge in [-0.15, -0.1) is 10.2 Å². The van der Waals surface area contributed by atoms with Crippen molar-refractivity contribution in [2.75, 3.05) is 12.4 Å². The van der Waals surface area contributed by atoms with Crippen LogP contribution >= 0.6 is 23.2 Å². The van der Waals surface area contributed by atoms with Gasteiger partial charge in [-0.2, -0.15) is 5.10 Å². The molecule has 2 aromatic carbocycles. The molecule has 0 aliphatic heterocycles. The van der Waals surface area contributed by atoms with Crippen LogP contribution in [-0.4, -0.2) is 27.1 Å². The molecule has 0 aliphatic rings. The number of fused-ring (bicyclic) bond motifs is 1. The molecule has 0 unspecified atom stereocenters. The van der Waals surface area contributed by atoms with Gasteiger partial charge in [-0.25, -0.2) is 4.68 Å². The fourth-order valence-corrected chi connectivity index (χ4v) is 3.29. The summed E-state index contributed by atoms with van der Waals surface area (Å²) in [4.78, 5) is 0. The van der Waals surface area contributed by atoms with Crippen molar-refractivity contribution in [1.29, 1.82) is 0 Å². The van der Waals surface area contributed by atoms with E-state index in [9.17, 15) is 0 Å². The molecule has 0 atom stereocenters. The number of methoxy groups -OCH3 is 1. The van der Waals surface area contributed by atoms with Gasteiger partial charge in [0.05, 0.1) is 17.8 Å². The Labute approximate surface area is 165 Å². The second-order valence-corrected chi connectivity index (χ2v) is 6.61. The average Bonchev–Trinajstić information content (AvgIpc) is 3.22. The van der Waals surface area contributed by atoms with E-state index < -0.39 is 0 Å². The van der Waals surface area contributed by atoms with Crippen molar-refractivity contribution in [2.24, 2.45) is 0 Å². The maximum absolute atomic E-state index is 6.22. The third-order valence-corrected chi connectivity index (χ3v) is 4.74. The number of aromatic nitrogens is 4. The van der Waals surface area contributed by atoms with E-state index in [1.165, 1.54) is 0 Å². The molecule has 2 aromatic heterocycles. The highest BCUT2D eigenvalue weighted by Gasteiger charge is 2.10. The highest BCUT2D eigenvalue weighted by atomic mass is 35.5. The van der Waals surface area contributed by atoms with Crippen LogP contribution < -0.4 is 10.1 Å². The largest absolute Gasteiger partial charge is 0.495 e. The molecule has 0 amide bonds. The maximum atomic E-state index is 6.22. The van der Waals surface area contributed by atoms with Crippen LogP contribution in [0.3, 0.4) is 0 Å². The Morgan fingerprint density at radius 1 is 1.07 bits per heavy atom. The molecule has 0 spiro atoms. The number of nitrogens with zero attached hydrogens (tertiary/aromatic N) is 4. The molecule has 27 heavy (non-hydrogen) atoms. The summed E-state index contributed by atoms with van der Waals surface area (Å²) in [6.45, 7) is 0.529. The lowest BCUT2D eigenvalue weighted by atomic mass is 10.1. The van der Waals surface area contributed by atoms with Crippen LogP contribution in [0.2, 0.25) is 10.2 Å². The van der Waals surface area contributed by atoms with Gasteiger partial charge in [-0.05, 0) is 42.0 Å². The lowest BCUT2D eigenvalue weighted by Gasteiger charge is -2.11. The molecule has 4 rings (SSSR count). The molecule has 0 radical (unpaired) electrons. The topological polar surface area (TPSA) is 64.9 Å². The molecule has 0 saturated heterocycles. The molecule has 1 N–H and O–H groups in total. The third kappa shape index (κ3) is 3.54. The minimum Gasteiger partial charge on any atom is -0.495 e. The molecule has 0 aliphatic carbocycles. The summed E-state index contributed by atoms with van der Waals surface area (Å²) in [5.41, 5.74) is 1.90. The van der Waals surface area contributed by atoms with Crippen LogP contribution in [0.15, 0.2) is 54.9 Å². The molecule has 2 heterocycles. The van der Waals surface area contributed by atoms with Crippen molar-refractivity contribution < 1.29 is 4.74 Å². The summed E-state index contributed by atoms with van der Waals surface area (Å²) in [5, 5.41) is 18.4. The van der Waals surface area contributed by atoms with Crippen LogP contribution in [0.4, 0.5) is 5.82 Å². The molecule has 0 fully saturated rings. The summed E-state index contributed by atoms with van der Waals surface area (Å²) in [6.07, 6.45) is 3.61. The van der Waals surface area contributed by atoms with Gasteiger partial charge < -0.3 is 10.1 Å². The van der Waals surface area contributed by atoms with Gasteiger partial charge in [-0.3, -0.25) is 0 Å². The zero-order valence-electron chi connectivity index (χ0n) is 14.4. The van der Waals surface area contributed by atoms with Gasteiger partial charge in [0.1, 0.15) is 5.75 Å². The van der Waals surface area contributed by atoms with Gasteiger partial charge in [0.25, 0.3) is 0 Å². The highest BCUT2D eigenvalue weighted by molar-refractivity contribution is 6.34. The van der Waals surface area contributed by atoms with Crippen molar-refractivity contribution in [3.63, 3.8) is 0 Å². The predicted molar refractivity (Wildman–Crippen MR) is 107 cm³/mol. The zero-order chi connectivity index (χ0) is 18.8. The maximum Gasteiger partial charge on any atom is 0.159 e. The Hall–Kier alpha value is -2.83. The van der Waals surface area contributed by atoms with Crippen LogP contribution in [0.25, 0.3) is 16.5 Å². The lowest BCUT2D eigenvalue weighted by molar-refractivity contribution is 0.415. The van der Waals surface area contributed by atoms with E-state index in [1.807, 2.05) is 48.7 Å². The van der Waals surface area contributed by atoms with Gasteiger partial charge in [0, 0.05) is 29.7 Å². The number of hydrogen-bond acceptors (Lipinski definition) is 5. The first-order chi connectivity index (χ1) is 13.2. The van der Waals surface area contributed by atoms with Gasteiger partial charge >= 0.3 is 0 Å². The SMILES string of the molecule is COc1ccc(CNc2nnc(Cl)c3ccc(-n4cccn4)cc23)cc1Cl. The molecule has 0 saturated carbocycles. The standard InChI is InChI=1S/C19H15Cl2N5O/c1-27-17-6-3-12(9-16(17)20)11-22-19-15-10-13(26-8-2-7-23-26)4-5-14(15)18(21)24-25-19/h2-10H,11H2,1H3,(H,22,25). The van der Waals surface area contributed by atoms with Crippen LogP contribution in [-0.2, 0) is 6.54 Å². The third-order valence-electron chi connectivity index (χ3n) is 4.16. The summed E-state index contributed by atoms with van der Waals surface area (Å²) in [6, 6.07) is 13.3. The first-order valence-corrected chi connectivity index (χ1v) is 8.93. The van der Waals surface area contributed by atoms with Gasteiger partial charge in [-0.1, -0.05) is 29.3 Å². The first-order valence-electron chi connectivity index (χ1n) is 8.18. The molecule has 6 nitrogen and oxygen atoms in total. The Balaban J connectivity index is 1.67. The van der Waals surface area contributed by atoms with Gasteiger partial charge in [0.15, 0.2) is 11.0 Å². The van der Waals surface area contributed by atoms with Crippen molar-refractivity contribution in [3.05, 3.63) is 70.6 Å². The Kier molecular flexibility index (Phi) is 4.83. The molecular weight excluding hydrogens is 385 g/mol. The molecule has 0 bridgehead atoms. The normalized spacial score (nSPS) is 10.9. The number of anilines is 1. The summed E-state index contributed by atoms with van der Waals surface area (Å²) in [7, 11) is 1.59. The van der Waals surface area contributed by atoms with E-state index in [2.05, 4.69) is 20.6 Å². The smallest absolute Gasteiger partial charge is 0.159 e. The molecule has 8 heteroatoms. The highest BCUT2D eigenvalue weighted by Crippen LogP contribution is 2.29. The number of rotatable bonds is 5. The second-order valence-electron chi connectivity index (χ2n) is 5.84. The lowest BCUT2D eigenvalue weighted by Crippen LogP contribution is -2.04. The molecule has 4 aromatic rings. The van der Waals surface area contributed by atoms with Crippen molar-refractivity contribution in [2.45, 2.75) is 6.54 Å². The number of hydrogen-bond donors (Lipinski definition) is 1. The number of benzene rings is 2. The fourth-order valence-electron chi connectivity index (χ4n) is 2.81. The van der Waals surface area contributed by atoms with Crippen molar-refractivity contribution in [1.82, 2.24) is 20.0 Å². The van der Waals surface area contributed by atoms with Crippen LogP contribution in [0, 0.1) is 0 Å². The van der Waals surface area contributed by atoms with E-state index >= 15 is 0 Å². The quantitative estimate of drug-likeness (QED) is 0.524. The monoisotopic (exact) mass is 399 g/mol. The van der Waals surface area contributed by atoms with E-state index in [-0.39, 0.29) is 0 Å². The van der Waals surface area contributed by atoms with E-state index in [4.69, 9.17) is 27.9 Å². The number of halogens is 2. The minimum absolute atomic E-state index is 0.357. The fraction of sp³-hybridized carbons (Fsp3) is 0.105. The van der Waals surface area contributed by atoms with E-state index in [0.29, 0.717) is 28.3 Å². The summed E-state index contributed by atoms with van der Waals surface area (Å²) < 4.78 is 6.96. The first kappa shape index (κ1) is 17.6. The van der Waals surface area contributed by atoms with Crippen molar-refractivity contribution >= 4 is 39.8 Å². The molecular formula is C19H15Cl2N5O. The minimum atomic E-state index is 0.357. The summed E-state index contributed by atoms with van der Waals surface area (Å²) >= 11 is 12.4. The second kappa shape index (κ2) is 7.42. The van der Waals surface area contributed by atoms with Gasteiger partial charge in [0.2, 0.25) is 0 Å². The Morgan fingerprint density at radius 3 is 2.70 bits per heavy atom. The van der Waals surface area contributed by atoms with Crippen LogP contribution in [0.1, 0.15) is 5.56 Å². The Bertz CT molecular complexity index is 1100. The Morgan fingerprint density at radius 2 is 1.96 bits per heavy atom. The predicted octanol–water partition coefficient (Wildman–Crippen LogP) is 4.74. The number of ether oxygens (including phenoxy) is 1. The van der Waals surface area contributed by atoms with Crippen molar-refractivity contribution in [3.8, 4) is 11.4 Å².